The number of hydrogen-bond acceptors (Lipinski definition) is 3. The summed E-state index contributed by atoms with van der Waals surface area (Å²) in [5.41, 5.74) is 0.385. The molecule has 1 heterocycles. The predicted octanol–water partition coefficient (Wildman–Crippen LogP) is 2.59. The van der Waals surface area contributed by atoms with Crippen molar-refractivity contribution < 1.29 is 17.5 Å². The molecule has 3 rings (SSSR count). The summed E-state index contributed by atoms with van der Waals surface area (Å²) in [7, 11) is -3.58. The van der Waals surface area contributed by atoms with Crippen LogP contribution in [0.3, 0.4) is 0 Å². The van der Waals surface area contributed by atoms with Gasteiger partial charge in [-0.05, 0) is 18.2 Å². The van der Waals surface area contributed by atoms with Crippen LogP contribution in [0.15, 0.2) is 59.5 Å². The third-order valence-electron chi connectivity index (χ3n) is 3.66. The lowest BCUT2D eigenvalue weighted by atomic mass is 10.1. The molecule has 116 valence electrons. The molecular formula is C16H16FNO3S. The lowest BCUT2D eigenvalue weighted by Crippen LogP contribution is -2.42. The fourth-order valence-electron chi connectivity index (χ4n) is 2.51. The van der Waals surface area contributed by atoms with E-state index in [1.807, 2.05) is 0 Å². The molecule has 6 heteroatoms. The fraction of sp³-hybridized carbons (Fsp3) is 0.250. The maximum Gasteiger partial charge on any atom is 0.243 e. The number of morpholine rings is 1. The van der Waals surface area contributed by atoms with E-state index in [-0.39, 0.29) is 30.4 Å². The molecule has 2 aromatic rings. The summed E-state index contributed by atoms with van der Waals surface area (Å²) >= 11 is 0. The Hall–Kier alpha value is -1.76. The van der Waals surface area contributed by atoms with Crippen molar-refractivity contribution in [2.24, 2.45) is 0 Å². The number of sulfonamides is 1. The number of rotatable bonds is 3. The molecule has 1 saturated heterocycles. The largest absolute Gasteiger partial charge is 0.371 e. The third kappa shape index (κ3) is 2.90. The minimum absolute atomic E-state index is 0.109. The van der Waals surface area contributed by atoms with Crippen molar-refractivity contribution in [1.29, 1.82) is 0 Å². The summed E-state index contributed by atoms with van der Waals surface area (Å²) in [6, 6.07) is 14.5. The van der Waals surface area contributed by atoms with Crippen molar-refractivity contribution in [3.63, 3.8) is 0 Å². The van der Waals surface area contributed by atoms with Crippen LogP contribution in [0.4, 0.5) is 4.39 Å². The first-order valence-electron chi connectivity index (χ1n) is 7.00. The molecule has 1 aliphatic heterocycles. The van der Waals surface area contributed by atoms with E-state index in [4.69, 9.17) is 4.74 Å². The zero-order valence-electron chi connectivity index (χ0n) is 11.9. The second-order valence-electron chi connectivity index (χ2n) is 5.06. The van der Waals surface area contributed by atoms with Gasteiger partial charge in [-0.25, -0.2) is 12.8 Å². The summed E-state index contributed by atoms with van der Waals surface area (Å²) in [5, 5.41) is 0. The number of hydrogen-bond donors (Lipinski definition) is 0. The van der Waals surface area contributed by atoms with Crippen LogP contribution in [0.1, 0.15) is 11.7 Å². The Kier molecular flexibility index (Phi) is 4.24. The van der Waals surface area contributed by atoms with E-state index in [0.29, 0.717) is 5.56 Å². The van der Waals surface area contributed by atoms with Gasteiger partial charge in [-0.2, -0.15) is 4.31 Å². The topological polar surface area (TPSA) is 46.6 Å². The summed E-state index contributed by atoms with van der Waals surface area (Å²) in [4.78, 5) is 0.240. The Morgan fingerprint density at radius 3 is 2.45 bits per heavy atom. The van der Waals surface area contributed by atoms with Gasteiger partial charge in [0.25, 0.3) is 0 Å². The molecule has 0 bridgehead atoms. The molecule has 1 aliphatic rings. The minimum atomic E-state index is -3.58. The average molecular weight is 321 g/mol. The van der Waals surface area contributed by atoms with Gasteiger partial charge >= 0.3 is 0 Å². The molecule has 0 N–H and O–H groups in total. The van der Waals surface area contributed by atoms with Crippen LogP contribution in [0.25, 0.3) is 0 Å². The molecule has 1 unspecified atom stereocenters. The summed E-state index contributed by atoms with van der Waals surface area (Å²) in [5.74, 6) is -0.383. The Morgan fingerprint density at radius 2 is 1.73 bits per heavy atom. The zero-order valence-corrected chi connectivity index (χ0v) is 12.7. The van der Waals surface area contributed by atoms with E-state index in [2.05, 4.69) is 0 Å². The first-order chi connectivity index (χ1) is 10.6. The van der Waals surface area contributed by atoms with Crippen molar-refractivity contribution in [2.75, 3.05) is 19.7 Å². The molecule has 0 radical (unpaired) electrons. The molecule has 1 fully saturated rings. The van der Waals surface area contributed by atoms with E-state index in [0.717, 1.165) is 0 Å². The number of benzene rings is 2. The van der Waals surface area contributed by atoms with E-state index in [1.54, 1.807) is 48.5 Å². The average Bonchev–Trinajstić information content (AvgIpc) is 2.56. The second-order valence-corrected chi connectivity index (χ2v) is 6.99. The zero-order chi connectivity index (χ0) is 15.6. The molecule has 4 nitrogen and oxygen atoms in total. The summed E-state index contributed by atoms with van der Waals surface area (Å²) in [6.45, 7) is 0.616. The maximum absolute atomic E-state index is 13.9. The monoisotopic (exact) mass is 321 g/mol. The van der Waals surface area contributed by atoms with E-state index >= 15 is 0 Å². The first-order valence-corrected chi connectivity index (χ1v) is 8.44. The molecule has 0 saturated carbocycles. The highest BCUT2D eigenvalue weighted by atomic mass is 32.2. The van der Waals surface area contributed by atoms with Gasteiger partial charge in [-0.1, -0.05) is 36.4 Å². The molecule has 0 spiro atoms. The Balaban J connectivity index is 1.86. The van der Waals surface area contributed by atoms with Crippen LogP contribution in [0, 0.1) is 5.82 Å². The SMILES string of the molecule is O=S(=O)(c1ccccc1)N1CCOC(c2ccccc2F)C1. The van der Waals surface area contributed by atoms with Crippen LogP contribution < -0.4 is 0 Å². The first kappa shape index (κ1) is 15.1. The Labute approximate surface area is 129 Å². The standard InChI is InChI=1S/C16H16FNO3S/c17-15-9-5-4-8-14(15)16-12-18(10-11-21-16)22(19,20)13-6-2-1-3-7-13/h1-9,16H,10-12H2. The van der Waals surface area contributed by atoms with Crippen LogP contribution in [-0.4, -0.2) is 32.4 Å². The van der Waals surface area contributed by atoms with Gasteiger partial charge in [-0.15, -0.1) is 0 Å². The van der Waals surface area contributed by atoms with Crippen molar-refractivity contribution in [3.8, 4) is 0 Å². The highest BCUT2D eigenvalue weighted by molar-refractivity contribution is 7.89. The Morgan fingerprint density at radius 1 is 1.05 bits per heavy atom. The number of ether oxygens (including phenoxy) is 1. The smallest absolute Gasteiger partial charge is 0.243 e. The number of nitrogens with zero attached hydrogens (tertiary/aromatic N) is 1. The predicted molar refractivity (Wildman–Crippen MR) is 80.3 cm³/mol. The molecule has 0 aliphatic carbocycles. The fourth-order valence-corrected chi connectivity index (χ4v) is 3.96. The number of halogens is 1. The van der Waals surface area contributed by atoms with E-state index in [9.17, 15) is 12.8 Å². The van der Waals surface area contributed by atoms with Crippen LogP contribution in [0.5, 0.6) is 0 Å². The molecule has 2 aromatic carbocycles. The van der Waals surface area contributed by atoms with Gasteiger partial charge in [0, 0.05) is 18.7 Å². The van der Waals surface area contributed by atoms with Gasteiger partial charge < -0.3 is 4.74 Å². The summed E-state index contributed by atoms with van der Waals surface area (Å²) in [6.07, 6.45) is -0.589. The van der Waals surface area contributed by atoms with Gasteiger partial charge in [0.15, 0.2) is 0 Å². The highest BCUT2D eigenvalue weighted by Crippen LogP contribution is 2.27. The normalized spacial score (nSPS) is 20.0. The van der Waals surface area contributed by atoms with Gasteiger partial charge in [-0.3, -0.25) is 0 Å². The molecule has 22 heavy (non-hydrogen) atoms. The quantitative estimate of drug-likeness (QED) is 0.873. The minimum Gasteiger partial charge on any atom is -0.371 e. The molecule has 0 amide bonds. The van der Waals surface area contributed by atoms with Crippen LogP contribution in [0.2, 0.25) is 0 Å². The lowest BCUT2D eigenvalue weighted by Gasteiger charge is -2.32. The van der Waals surface area contributed by atoms with Crippen LogP contribution in [-0.2, 0) is 14.8 Å². The Bertz CT molecular complexity index is 749. The van der Waals surface area contributed by atoms with Gasteiger partial charge in [0.1, 0.15) is 5.82 Å². The van der Waals surface area contributed by atoms with Gasteiger partial charge in [0.2, 0.25) is 10.0 Å². The summed E-state index contributed by atoms with van der Waals surface area (Å²) < 4.78 is 46.0. The van der Waals surface area contributed by atoms with Gasteiger partial charge in [0.05, 0.1) is 17.6 Å². The van der Waals surface area contributed by atoms with E-state index < -0.39 is 16.1 Å². The van der Waals surface area contributed by atoms with Crippen molar-refractivity contribution >= 4 is 10.0 Å². The second kappa shape index (κ2) is 6.16. The lowest BCUT2D eigenvalue weighted by molar-refractivity contribution is -0.00442. The van der Waals surface area contributed by atoms with Crippen molar-refractivity contribution in [2.45, 2.75) is 11.0 Å². The van der Waals surface area contributed by atoms with Crippen molar-refractivity contribution in [3.05, 3.63) is 66.0 Å². The van der Waals surface area contributed by atoms with E-state index in [1.165, 1.54) is 10.4 Å². The van der Waals surface area contributed by atoms with Crippen LogP contribution >= 0.6 is 0 Å². The third-order valence-corrected chi connectivity index (χ3v) is 5.54. The van der Waals surface area contributed by atoms with Crippen molar-refractivity contribution in [1.82, 2.24) is 4.31 Å². The highest BCUT2D eigenvalue weighted by Gasteiger charge is 2.32. The molecule has 1 atom stereocenters. The maximum atomic E-state index is 13.9. The molecular weight excluding hydrogens is 305 g/mol. The molecule has 0 aromatic heterocycles.